The second-order valence-electron chi connectivity index (χ2n) is 3.32. The van der Waals surface area contributed by atoms with E-state index in [1.165, 1.54) is 12.1 Å². The average molecular weight is 319 g/mol. The number of amides is 3. The van der Waals surface area contributed by atoms with Gasteiger partial charge < -0.3 is 0 Å². The third kappa shape index (κ3) is 2.18. The van der Waals surface area contributed by atoms with Crippen molar-refractivity contribution < 1.29 is 18.0 Å². The molecule has 17 heavy (non-hydrogen) atoms. The van der Waals surface area contributed by atoms with Crippen LogP contribution in [0.5, 0.6) is 0 Å². The van der Waals surface area contributed by atoms with Crippen molar-refractivity contribution in [1.82, 2.24) is 9.62 Å². The Morgan fingerprint density at radius 1 is 1.18 bits per heavy atom. The molecule has 1 saturated heterocycles. The van der Waals surface area contributed by atoms with Crippen LogP contribution in [0.1, 0.15) is 0 Å². The van der Waals surface area contributed by atoms with E-state index in [-0.39, 0.29) is 4.90 Å². The summed E-state index contributed by atoms with van der Waals surface area (Å²) in [6.07, 6.45) is 0. The van der Waals surface area contributed by atoms with Crippen molar-refractivity contribution in [3.63, 3.8) is 0 Å². The zero-order valence-electron chi connectivity index (χ0n) is 8.38. The highest BCUT2D eigenvalue weighted by molar-refractivity contribution is 9.10. The zero-order chi connectivity index (χ0) is 12.6. The van der Waals surface area contributed by atoms with E-state index in [0.717, 1.165) is 4.47 Å². The van der Waals surface area contributed by atoms with Gasteiger partial charge in [-0.1, -0.05) is 15.9 Å². The molecule has 1 aliphatic heterocycles. The molecule has 1 heterocycles. The van der Waals surface area contributed by atoms with Crippen molar-refractivity contribution in [2.24, 2.45) is 0 Å². The summed E-state index contributed by atoms with van der Waals surface area (Å²) >= 11 is 3.18. The van der Waals surface area contributed by atoms with Crippen LogP contribution in [0.15, 0.2) is 33.6 Å². The Kier molecular flexibility index (Phi) is 2.92. The zero-order valence-corrected chi connectivity index (χ0v) is 10.8. The first-order chi connectivity index (χ1) is 7.91. The summed E-state index contributed by atoms with van der Waals surface area (Å²) in [4.78, 5) is 22.2. The van der Waals surface area contributed by atoms with Crippen LogP contribution < -0.4 is 5.32 Å². The number of hydrogen-bond donors (Lipinski definition) is 1. The van der Waals surface area contributed by atoms with Gasteiger partial charge in [-0.3, -0.25) is 10.1 Å². The molecule has 0 unspecified atom stereocenters. The molecule has 0 radical (unpaired) electrons. The number of carbonyl (C=O) groups is 2. The molecule has 0 bridgehead atoms. The molecule has 0 atom stereocenters. The van der Waals surface area contributed by atoms with Gasteiger partial charge in [0.1, 0.15) is 6.54 Å². The molecular weight excluding hydrogens is 312 g/mol. The monoisotopic (exact) mass is 318 g/mol. The largest absolute Gasteiger partial charge is 0.338 e. The number of nitrogens with zero attached hydrogens (tertiary/aromatic N) is 1. The lowest BCUT2D eigenvalue weighted by atomic mass is 10.4. The second-order valence-corrected chi connectivity index (χ2v) is 6.10. The van der Waals surface area contributed by atoms with Gasteiger partial charge in [-0.15, -0.1) is 0 Å². The molecule has 2 rings (SSSR count). The van der Waals surface area contributed by atoms with Crippen LogP contribution in [-0.4, -0.2) is 31.2 Å². The van der Waals surface area contributed by atoms with Gasteiger partial charge in [0.25, 0.3) is 10.0 Å². The average Bonchev–Trinajstić information content (AvgIpc) is 2.59. The Labute approximate surface area is 106 Å². The van der Waals surface area contributed by atoms with Gasteiger partial charge in [0.05, 0.1) is 4.90 Å². The normalized spacial score (nSPS) is 16.2. The van der Waals surface area contributed by atoms with Crippen LogP contribution in [-0.2, 0) is 14.8 Å². The summed E-state index contributed by atoms with van der Waals surface area (Å²) in [6.45, 7) is -0.475. The van der Waals surface area contributed by atoms with Crippen molar-refractivity contribution in [2.45, 2.75) is 4.90 Å². The molecule has 90 valence electrons. The SMILES string of the molecule is O=C1CN(S(=O)(=O)c2ccc(Br)cc2)C(=O)N1. The van der Waals surface area contributed by atoms with E-state index < -0.39 is 28.5 Å². The van der Waals surface area contributed by atoms with E-state index in [1.54, 1.807) is 12.1 Å². The maximum atomic E-state index is 12.0. The van der Waals surface area contributed by atoms with E-state index in [4.69, 9.17) is 0 Å². The van der Waals surface area contributed by atoms with Crippen molar-refractivity contribution in [3.8, 4) is 0 Å². The first kappa shape index (κ1) is 12.1. The van der Waals surface area contributed by atoms with Gasteiger partial charge in [-0.25, -0.2) is 17.5 Å². The molecule has 1 aliphatic rings. The fraction of sp³-hybridized carbons (Fsp3) is 0.111. The summed E-state index contributed by atoms with van der Waals surface area (Å²) in [6, 6.07) is 4.88. The van der Waals surface area contributed by atoms with Crippen LogP contribution >= 0.6 is 15.9 Å². The molecule has 3 amide bonds. The first-order valence-corrected chi connectivity index (χ1v) is 6.77. The molecule has 0 aromatic heterocycles. The van der Waals surface area contributed by atoms with Crippen molar-refractivity contribution >= 4 is 37.9 Å². The minimum atomic E-state index is -3.96. The second kappa shape index (κ2) is 4.11. The fourth-order valence-electron chi connectivity index (χ4n) is 1.35. The third-order valence-corrected chi connectivity index (χ3v) is 4.43. The van der Waals surface area contributed by atoms with Crippen LogP contribution in [0.3, 0.4) is 0 Å². The van der Waals surface area contributed by atoms with E-state index in [2.05, 4.69) is 15.9 Å². The topological polar surface area (TPSA) is 83.6 Å². The quantitative estimate of drug-likeness (QED) is 0.813. The molecule has 1 fully saturated rings. The summed E-state index contributed by atoms with van der Waals surface area (Å²) < 4.78 is 25.2. The number of nitrogens with one attached hydrogen (secondary N) is 1. The Hall–Kier alpha value is -1.41. The number of hydrogen-bond acceptors (Lipinski definition) is 4. The number of benzene rings is 1. The van der Waals surface area contributed by atoms with Crippen LogP contribution in [0, 0.1) is 0 Å². The van der Waals surface area contributed by atoms with Crippen molar-refractivity contribution in [1.29, 1.82) is 0 Å². The summed E-state index contributed by atoms with van der Waals surface area (Å²) in [5, 5.41) is 1.91. The third-order valence-electron chi connectivity index (χ3n) is 2.16. The van der Waals surface area contributed by atoms with E-state index in [9.17, 15) is 18.0 Å². The number of imide groups is 1. The molecule has 1 aromatic rings. The summed E-state index contributed by atoms with van der Waals surface area (Å²) in [5.74, 6) is -0.629. The van der Waals surface area contributed by atoms with Gasteiger partial charge in [-0.05, 0) is 24.3 Å². The number of sulfonamides is 1. The van der Waals surface area contributed by atoms with Crippen molar-refractivity contribution in [2.75, 3.05) is 6.54 Å². The molecule has 6 nitrogen and oxygen atoms in total. The standard InChI is InChI=1S/C9H7BrN2O4S/c10-6-1-3-7(4-2-6)17(15,16)12-5-8(13)11-9(12)14/h1-4H,5H2,(H,11,13,14). The molecule has 0 aliphatic carbocycles. The van der Waals surface area contributed by atoms with E-state index in [1.807, 2.05) is 5.32 Å². The number of urea groups is 1. The number of carbonyl (C=O) groups excluding carboxylic acids is 2. The molecule has 1 aromatic carbocycles. The first-order valence-electron chi connectivity index (χ1n) is 4.53. The number of halogens is 1. The van der Waals surface area contributed by atoms with Crippen LogP contribution in [0.25, 0.3) is 0 Å². The highest BCUT2D eigenvalue weighted by atomic mass is 79.9. The van der Waals surface area contributed by atoms with Crippen LogP contribution in [0.2, 0.25) is 0 Å². The predicted molar refractivity (Wildman–Crippen MR) is 61.6 cm³/mol. The summed E-state index contributed by atoms with van der Waals surface area (Å²) in [5.41, 5.74) is 0. The highest BCUT2D eigenvalue weighted by Crippen LogP contribution is 2.20. The number of rotatable bonds is 2. The Morgan fingerprint density at radius 2 is 1.76 bits per heavy atom. The maximum Gasteiger partial charge on any atom is 0.338 e. The predicted octanol–water partition coefficient (Wildman–Crippen LogP) is 0.690. The van der Waals surface area contributed by atoms with Crippen molar-refractivity contribution in [3.05, 3.63) is 28.7 Å². The Balaban J connectivity index is 2.40. The lowest BCUT2D eigenvalue weighted by Crippen LogP contribution is -2.34. The maximum absolute atomic E-state index is 12.0. The van der Waals surface area contributed by atoms with Gasteiger partial charge >= 0.3 is 6.03 Å². The highest BCUT2D eigenvalue weighted by Gasteiger charge is 2.37. The minimum Gasteiger partial charge on any atom is -0.275 e. The fourth-order valence-corrected chi connectivity index (χ4v) is 2.90. The Morgan fingerprint density at radius 3 is 2.24 bits per heavy atom. The van der Waals surface area contributed by atoms with Crippen LogP contribution in [0.4, 0.5) is 4.79 Å². The molecule has 8 heteroatoms. The summed E-state index contributed by atoms with van der Waals surface area (Å²) in [7, 11) is -3.96. The minimum absolute atomic E-state index is 0.0365. The lowest BCUT2D eigenvalue weighted by molar-refractivity contribution is -0.118. The lowest BCUT2D eigenvalue weighted by Gasteiger charge is -2.13. The van der Waals surface area contributed by atoms with Gasteiger partial charge in [0, 0.05) is 4.47 Å². The van der Waals surface area contributed by atoms with E-state index >= 15 is 0 Å². The smallest absolute Gasteiger partial charge is 0.275 e. The van der Waals surface area contributed by atoms with Gasteiger partial charge in [0.2, 0.25) is 5.91 Å². The van der Waals surface area contributed by atoms with E-state index in [0.29, 0.717) is 4.31 Å². The molecule has 0 saturated carbocycles. The van der Waals surface area contributed by atoms with Gasteiger partial charge in [0.15, 0.2) is 0 Å². The Bertz CT molecular complexity index is 582. The molecule has 0 spiro atoms. The van der Waals surface area contributed by atoms with Gasteiger partial charge in [-0.2, -0.15) is 0 Å². The molecular formula is C9H7BrN2O4S. The molecule has 1 N–H and O–H groups in total.